The maximum Gasteiger partial charge on any atom is 0.289 e. The molecule has 1 aromatic carbocycles. The Morgan fingerprint density at radius 3 is 2.67 bits per heavy atom. The normalized spacial score (nSPS) is 11.5. The molecule has 5 nitrogen and oxygen atoms in total. The van der Waals surface area contributed by atoms with Gasteiger partial charge < -0.3 is 15.1 Å². The summed E-state index contributed by atoms with van der Waals surface area (Å²) in [4.78, 5) is 18.4. The van der Waals surface area contributed by atoms with Crippen LogP contribution in [0.2, 0.25) is 0 Å². The van der Waals surface area contributed by atoms with E-state index in [-0.39, 0.29) is 36.8 Å². The Bertz CT molecular complexity index is 785. The molecule has 1 amide bonds. The third-order valence-electron chi connectivity index (χ3n) is 3.64. The molecule has 0 bridgehead atoms. The molecule has 3 aromatic rings. The highest BCUT2D eigenvalue weighted by Crippen LogP contribution is 2.31. The van der Waals surface area contributed by atoms with Crippen LogP contribution in [0.1, 0.15) is 17.5 Å². The van der Waals surface area contributed by atoms with Gasteiger partial charge >= 0.3 is 0 Å². The molecule has 0 spiro atoms. The standard InChI is InChI=1S/C16H17N3O2S.2ClH/c1-10(9-17)19(2)16(20)13-8-7-12(21-13)15-18-11-5-3-4-6-14(11)22-15;;/h3-8,10H,9,17H2,1-2H3;2*1H. The SMILES string of the molecule is CC(CN)N(C)C(=O)c1ccc(-c2nc3ccccc3s2)o1.Cl.Cl. The summed E-state index contributed by atoms with van der Waals surface area (Å²) >= 11 is 1.54. The number of hydrogen-bond donors (Lipinski definition) is 1. The molecule has 0 aliphatic rings. The number of carbonyl (C=O) groups excluding carboxylic acids is 1. The summed E-state index contributed by atoms with van der Waals surface area (Å²) in [5.74, 6) is 0.737. The summed E-state index contributed by atoms with van der Waals surface area (Å²) in [6.07, 6.45) is 0. The van der Waals surface area contributed by atoms with Crippen LogP contribution in [0, 0.1) is 0 Å². The van der Waals surface area contributed by atoms with Gasteiger partial charge in [0.15, 0.2) is 16.5 Å². The van der Waals surface area contributed by atoms with Crippen molar-refractivity contribution in [1.82, 2.24) is 9.88 Å². The summed E-state index contributed by atoms with van der Waals surface area (Å²) < 4.78 is 6.79. The van der Waals surface area contributed by atoms with Gasteiger partial charge in [-0.15, -0.1) is 36.2 Å². The van der Waals surface area contributed by atoms with Gasteiger partial charge in [0.2, 0.25) is 0 Å². The van der Waals surface area contributed by atoms with Gasteiger partial charge in [-0.05, 0) is 31.2 Å². The van der Waals surface area contributed by atoms with Crippen molar-refractivity contribution in [2.75, 3.05) is 13.6 Å². The zero-order valence-corrected chi connectivity index (χ0v) is 15.7. The van der Waals surface area contributed by atoms with E-state index < -0.39 is 0 Å². The number of halogens is 2. The number of furan rings is 1. The van der Waals surface area contributed by atoms with Crippen molar-refractivity contribution < 1.29 is 9.21 Å². The first-order chi connectivity index (χ1) is 10.6. The zero-order chi connectivity index (χ0) is 15.7. The average molecular weight is 388 g/mol. The molecular weight excluding hydrogens is 369 g/mol. The molecule has 8 heteroatoms. The van der Waals surface area contributed by atoms with Crippen LogP contribution in [0.15, 0.2) is 40.8 Å². The number of rotatable bonds is 4. The maximum absolute atomic E-state index is 12.3. The second-order valence-corrected chi connectivity index (χ2v) is 6.18. The fourth-order valence-electron chi connectivity index (χ4n) is 2.08. The maximum atomic E-state index is 12.3. The lowest BCUT2D eigenvalue weighted by Crippen LogP contribution is -2.39. The third kappa shape index (κ3) is 3.89. The molecule has 2 heterocycles. The Hall–Kier alpha value is -1.60. The minimum Gasteiger partial charge on any atom is -0.448 e. The summed E-state index contributed by atoms with van der Waals surface area (Å²) in [5, 5.41) is 0.773. The van der Waals surface area contributed by atoms with Crippen LogP contribution in [-0.2, 0) is 0 Å². The number of amides is 1. The lowest BCUT2D eigenvalue weighted by Gasteiger charge is -2.22. The molecule has 0 aliphatic carbocycles. The zero-order valence-electron chi connectivity index (χ0n) is 13.3. The number of para-hydroxylation sites is 1. The Morgan fingerprint density at radius 1 is 1.29 bits per heavy atom. The van der Waals surface area contributed by atoms with Crippen LogP contribution in [-0.4, -0.2) is 35.4 Å². The minimum atomic E-state index is -0.176. The molecule has 0 aliphatic heterocycles. The van der Waals surface area contributed by atoms with Crippen molar-refractivity contribution in [3.05, 3.63) is 42.2 Å². The van der Waals surface area contributed by atoms with Gasteiger partial charge in [-0.3, -0.25) is 4.79 Å². The van der Waals surface area contributed by atoms with E-state index in [4.69, 9.17) is 10.2 Å². The number of thiazole rings is 1. The number of nitrogens with two attached hydrogens (primary N) is 1. The number of fused-ring (bicyclic) bond motifs is 1. The van der Waals surface area contributed by atoms with Crippen molar-refractivity contribution in [3.63, 3.8) is 0 Å². The molecule has 24 heavy (non-hydrogen) atoms. The van der Waals surface area contributed by atoms with Gasteiger partial charge in [-0.2, -0.15) is 0 Å². The lowest BCUT2D eigenvalue weighted by molar-refractivity contribution is 0.0717. The van der Waals surface area contributed by atoms with Crippen LogP contribution in [0.25, 0.3) is 21.0 Å². The quantitative estimate of drug-likeness (QED) is 0.738. The van der Waals surface area contributed by atoms with Crippen molar-refractivity contribution in [2.24, 2.45) is 5.73 Å². The van der Waals surface area contributed by atoms with Crippen LogP contribution >= 0.6 is 36.2 Å². The second kappa shape index (κ2) is 8.48. The minimum absolute atomic E-state index is 0. The third-order valence-corrected chi connectivity index (χ3v) is 4.70. The first-order valence-corrected chi connectivity index (χ1v) is 7.85. The predicted molar refractivity (Wildman–Crippen MR) is 102 cm³/mol. The van der Waals surface area contributed by atoms with E-state index in [9.17, 15) is 4.79 Å². The highest BCUT2D eigenvalue weighted by atomic mass is 35.5. The summed E-state index contributed by atoms with van der Waals surface area (Å²) in [5.41, 5.74) is 6.53. The van der Waals surface area contributed by atoms with E-state index in [2.05, 4.69) is 4.98 Å². The molecule has 2 aromatic heterocycles. The molecule has 3 rings (SSSR count). The van der Waals surface area contributed by atoms with Crippen molar-refractivity contribution in [2.45, 2.75) is 13.0 Å². The number of aromatic nitrogens is 1. The molecule has 0 fully saturated rings. The molecule has 2 N–H and O–H groups in total. The van der Waals surface area contributed by atoms with Crippen molar-refractivity contribution in [1.29, 1.82) is 0 Å². The molecule has 0 saturated carbocycles. The van der Waals surface area contributed by atoms with Gasteiger partial charge in [-0.25, -0.2) is 4.98 Å². The van der Waals surface area contributed by atoms with Crippen LogP contribution in [0.3, 0.4) is 0 Å². The van der Waals surface area contributed by atoms with E-state index in [0.717, 1.165) is 15.2 Å². The Kier molecular flexibility index (Phi) is 7.23. The fraction of sp³-hybridized carbons (Fsp3) is 0.250. The van der Waals surface area contributed by atoms with Crippen LogP contribution in [0.4, 0.5) is 0 Å². The van der Waals surface area contributed by atoms with Crippen LogP contribution < -0.4 is 5.73 Å². The second-order valence-electron chi connectivity index (χ2n) is 5.15. The largest absolute Gasteiger partial charge is 0.448 e. The number of likely N-dealkylation sites (N-methyl/N-ethyl adjacent to an activating group) is 1. The average Bonchev–Trinajstić information content (AvgIpc) is 3.18. The Balaban J connectivity index is 0.00000144. The molecular formula is C16H19Cl2N3O2S. The summed E-state index contributed by atoms with van der Waals surface area (Å²) in [6.45, 7) is 2.31. The highest BCUT2D eigenvalue weighted by Gasteiger charge is 2.20. The van der Waals surface area contributed by atoms with Crippen molar-refractivity contribution in [3.8, 4) is 10.8 Å². The van der Waals surface area contributed by atoms with Gasteiger partial charge in [-0.1, -0.05) is 12.1 Å². The molecule has 1 unspecified atom stereocenters. The summed E-state index contributed by atoms with van der Waals surface area (Å²) in [7, 11) is 1.72. The van der Waals surface area contributed by atoms with Gasteiger partial charge in [0.25, 0.3) is 5.91 Å². The van der Waals surface area contributed by atoms with Gasteiger partial charge in [0, 0.05) is 19.6 Å². The van der Waals surface area contributed by atoms with E-state index >= 15 is 0 Å². The molecule has 0 radical (unpaired) electrons. The molecule has 1 atom stereocenters. The number of hydrogen-bond acceptors (Lipinski definition) is 5. The van der Waals surface area contributed by atoms with E-state index in [1.54, 1.807) is 35.4 Å². The Morgan fingerprint density at radius 2 is 2.00 bits per heavy atom. The topological polar surface area (TPSA) is 72.4 Å². The smallest absolute Gasteiger partial charge is 0.289 e. The molecule has 0 saturated heterocycles. The first-order valence-electron chi connectivity index (χ1n) is 7.03. The monoisotopic (exact) mass is 387 g/mol. The fourth-order valence-corrected chi connectivity index (χ4v) is 3.00. The predicted octanol–water partition coefficient (Wildman–Crippen LogP) is 3.82. The lowest BCUT2D eigenvalue weighted by atomic mass is 10.3. The number of carbonyl (C=O) groups is 1. The van der Waals surface area contributed by atoms with Gasteiger partial charge in [0.05, 0.1) is 10.2 Å². The Labute approximate surface area is 156 Å². The molecule has 130 valence electrons. The van der Waals surface area contributed by atoms with E-state index in [1.165, 1.54) is 0 Å². The first kappa shape index (κ1) is 20.4. The number of nitrogens with zero attached hydrogens (tertiary/aromatic N) is 2. The van der Waals surface area contributed by atoms with Gasteiger partial charge in [0.1, 0.15) is 0 Å². The highest BCUT2D eigenvalue weighted by molar-refractivity contribution is 7.21. The van der Waals surface area contributed by atoms with Crippen LogP contribution in [0.5, 0.6) is 0 Å². The van der Waals surface area contributed by atoms with E-state index in [1.807, 2.05) is 31.2 Å². The van der Waals surface area contributed by atoms with Crippen molar-refractivity contribution >= 4 is 52.3 Å². The van der Waals surface area contributed by atoms with E-state index in [0.29, 0.717) is 18.1 Å². The summed E-state index contributed by atoms with van der Waals surface area (Å²) in [6, 6.07) is 11.3. The number of benzene rings is 1.